The highest BCUT2D eigenvalue weighted by Crippen LogP contribution is 2.21. The van der Waals surface area contributed by atoms with E-state index in [1.807, 2.05) is 24.5 Å². The number of nitrogens with zero attached hydrogens (tertiary/aromatic N) is 5. The molecule has 0 spiro atoms. The molecule has 3 heterocycles. The maximum Gasteiger partial charge on any atom is 0.333 e. The molecule has 1 aliphatic rings. The van der Waals surface area contributed by atoms with Crippen molar-refractivity contribution in [2.45, 2.75) is 33.4 Å². The number of hydrogen-bond donors (Lipinski definition) is 1. The molecule has 29 heavy (non-hydrogen) atoms. The summed E-state index contributed by atoms with van der Waals surface area (Å²) < 4.78 is 8.83. The molecule has 0 bridgehead atoms. The van der Waals surface area contributed by atoms with E-state index in [2.05, 4.69) is 15.2 Å². The second-order valence-electron chi connectivity index (χ2n) is 7.43. The van der Waals surface area contributed by atoms with E-state index in [4.69, 9.17) is 4.74 Å². The molecule has 1 saturated heterocycles. The number of piperazine rings is 1. The third-order valence-corrected chi connectivity index (χ3v) is 5.17. The molecule has 2 aromatic rings. The van der Waals surface area contributed by atoms with Crippen LogP contribution in [0, 0.1) is 0 Å². The SMILES string of the molecule is COC(=O)C(C)n1c(=O)c2c(nc(N3CCNCC3)n2CC=C(C)C)n(C)c1=O. The Morgan fingerprint density at radius 3 is 2.52 bits per heavy atom. The quantitative estimate of drug-likeness (QED) is 0.553. The number of aryl methyl sites for hydroxylation is 1. The third kappa shape index (κ3) is 3.71. The van der Waals surface area contributed by atoms with Crippen molar-refractivity contribution in [1.82, 2.24) is 24.0 Å². The van der Waals surface area contributed by atoms with E-state index in [0.29, 0.717) is 23.7 Å². The van der Waals surface area contributed by atoms with Gasteiger partial charge in [0.2, 0.25) is 5.95 Å². The number of imidazole rings is 1. The van der Waals surface area contributed by atoms with Gasteiger partial charge in [0.05, 0.1) is 7.11 Å². The highest BCUT2D eigenvalue weighted by Gasteiger charge is 2.27. The lowest BCUT2D eigenvalue weighted by molar-refractivity contribution is -0.144. The molecule has 1 aliphatic heterocycles. The van der Waals surface area contributed by atoms with Gasteiger partial charge in [-0.15, -0.1) is 0 Å². The number of carbonyl (C=O) groups excluding carboxylic acids is 1. The van der Waals surface area contributed by atoms with E-state index in [1.54, 1.807) is 7.05 Å². The van der Waals surface area contributed by atoms with Gasteiger partial charge in [-0.3, -0.25) is 9.36 Å². The monoisotopic (exact) mass is 404 g/mol. The molecule has 3 rings (SSSR count). The fourth-order valence-electron chi connectivity index (χ4n) is 3.50. The topological polar surface area (TPSA) is 103 Å². The van der Waals surface area contributed by atoms with Gasteiger partial charge in [-0.1, -0.05) is 11.6 Å². The molecule has 0 amide bonds. The number of aromatic nitrogens is 4. The number of carbonyl (C=O) groups is 1. The lowest BCUT2D eigenvalue weighted by atomic mass is 10.3. The Labute approximate surface area is 168 Å². The van der Waals surface area contributed by atoms with Gasteiger partial charge in [0.25, 0.3) is 5.56 Å². The van der Waals surface area contributed by atoms with Crippen LogP contribution in [-0.2, 0) is 23.1 Å². The molecule has 1 atom stereocenters. The molecular formula is C19H28N6O4. The highest BCUT2D eigenvalue weighted by molar-refractivity contribution is 5.77. The fraction of sp³-hybridized carbons (Fsp3) is 0.579. The Morgan fingerprint density at radius 2 is 1.93 bits per heavy atom. The number of esters is 1. The van der Waals surface area contributed by atoms with Gasteiger partial charge < -0.3 is 19.5 Å². The summed E-state index contributed by atoms with van der Waals surface area (Å²) in [6, 6.07) is -1.04. The van der Waals surface area contributed by atoms with Crippen molar-refractivity contribution >= 4 is 23.1 Å². The summed E-state index contributed by atoms with van der Waals surface area (Å²) in [6.45, 7) is 9.01. The average Bonchev–Trinajstić information content (AvgIpc) is 3.10. The van der Waals surface area contributed by atoms with Crippen molar-refractivity contribution in [3.05, 3.63) is 32.5 Å². The predicted octanol–water partition coefficient (Wildman–Crippen LogP) is 0.00650. The van der Waals surface area contributed by atoms with Crippen molar-refractivity contribution in [1.29, 1.82) is 0 Å². The summed E-state index contributed by atoms with van der Waals surface area (Å²) in [6.07, 6.45) is 2.01. The minimum atomic E-state index is -1.04. The minimum Gasteiger partial charge on any atom is -0.467 e. The Bertz CT molecular complexity index is 1070. The van der Waals surface area contributed by atoms with Crippen molar-refractivity contribution in [3.63, 3.8) is 0 Å². The van der Waals surface area contributed by atoms with E-state index < -0.39 is 23.3 Å². The van der Waals surface area contributed by atoms with E-state index in [9.17, 15) is 14.4 Å². The zero-order chi connectivity index (χ0) is 21.3. The predicted molar refractivity (Wildman–Crippen MR) is 110 cm³/mol. The number of anilines is 1. The lowest BCUT2D eigenvalue weighted by Crippen LogP contribution is -2.45. The molecule has 0 radical (unpaired) electrons. The highest BCUT2D eigenvalue weighted by atomic mass is 16.5. The number of rotatable bonds is 5. The maximum absolute atomic E-state index is 13.4. The van der Waals surface area contributed by atoms with Crippen LogP contribution in [0.3, 0.4) is 0 Å². The standard InChI is InChI=1S/C19H28N6O4/c1-12(2)6-9-24-14-15(21-18(24)23-10-7-20-8-11-23)22(4)19(28)25(16(14)26)13(3)17(27)29-5/h6,13,20H,7-11H2,1-5H3. The summed E-state index contributed by atoms with van der Waals surface area (Å²) in [4.78, 5) is 45.0. The number of allylic oxidation sites excluding steroid dienone is 2. The van der Waals surface area contributed by atoms with Gasteiger partial charge >= 0.3 is 11.7 Å². The molecule has 0 aromatic carbocycles. The molecule has 0 saturated carbocycles. The number of methoxy groups -OCH3 is 1. The molecule has 1 N–H and O–H groups in total. The number of ether oxygens (including phenoxy) is 1. The summed E-state index contributed by atoms with van der Waals surface area (Å²) in [5, 5.41) is 3.30. The maximum atomic E-state index is 13.4. The zero-order valence-corrected chi connectivity index (χ0v) is 17.6. The van der Waals surface area contributed by atoms with E-state index >= 15 is 0 Å². The first-order valence-corrected chi connectivity index (χ1v) is 9.66. The van der Waals surface area contributed by atoms with Crippen LogP contribution in [0.1, 0.15) is 26.8 Å². The second-order valence-corrected chi connectivity index (χ2v) is 7.43. The summed E-state index contributed by atoms with van der Waals surface area (Å²) in [7, 11) is 2.79. The van der Waals surface area contributed by atoms with Crippen LogP contribution in [0.5, 0.6) is 0 Å². The van der Waals surface area contributed by atoms with Crippen LogP contribution in [0.15, 0.2) is 21.2 Å². The van der Waals surface area contributed by atoms with E-state index in [-0.39, 0.29) is 0 Å². The summed E-state index contributed by atoms with van der Waals surface area (Å²) in [5.41, 5.74) is 0.570. The van der Waals surface area contributed by atoms with Crippen molar-refractivity contribution < 1.29 is 9.53 Å². The summed E-state index contributed by atoms with van der Waals surface area (Å²) in [5.74, 6) is -0.00388. The first-order chi connectivity index (χ1) is 13.8. The second kappa shape index (κ2) is 8.24. The van der Waals surface area contributed by atoms with Gasteiger partial charge in [0.15, 0.2) is 11.2 Å². The van der Waals surface area contributed by atoms with Crippen molar-refractivity contribution in [2.75, 3.05) is 38.2 Å². The third-order valence-electron chi connectivity index (χ3n) is 5.17. The van der Waals surface area contributed by atoms with Crippen LogP contribution in [0.2, 0.25) is 0 Å². The lowest BCUT2D eigenvalue weighted by Gasteiger charge is -2.28. The normalized spacial score (nSPS) is 15.4. The zero-order valence-electron chi connectivity index (χ0n) is 17.6. The summed E-state index contributed by atoms with van der Waals surface area (Å²) >= 11 is 0. The Morgan fingerprint density at radius 1 is 1.28 bits per heavy atom. The van der Waals surface area contributed by atoms with Crippen molar-refractivity contribution in [2.24, 2.45) is 7.05 Å². The molecule has 10 nitrogen and oxygen atoms in total. The van der Waals surface area contributed by atoms with Gasteiger partial charge in [-0.05, 0) is 20.8 Å². The molecule has 1 fully saturated rings. The molecule has 158 valence electrons. The van der Waals surface area contributed by atoms with Crippen LogP contribution in [-0.4, -0.2) is 57.9 Å². The first-order valence-electron chi connectivity index (χ1n) is 9.66. The number of fused-ring (bicyclic) bond motifs is 1. The Hall–Kier alpha value is -2.88. The number of nitrogens with one attached hydrogen (secondary N) is 1. The smallest absolute Gasteiger partial charge is 0.333 e. The largest absolute Gasteiger partial charge is 0.467 e. The number of hydrogen-bond acceptors (Lipinski definition) is 7. The molecule has 1 unspecified atom stereocenters. The molecule has 0 aliphatic carbocycles. The molecule has 2 aromatic heterocycles. The Balaban J connectivity index is 2.32. The van der Waals surface area contributed by atoms with Crippen LogP contribution in [0.25, 0.3) is 11.2 Å². The van der Waals surface area contributed by atoms with Crippen molar-refractivity contribution in [3.8, 4) is 0 Å². The van der Waals surface area contributed by atoms with Gasteiger partial charge in [-0.2, -0.15) is 4.98 Å². The Kier molecular flexibility index (Phi) is 5.92. The van der Waals surface area contributed by atoms with E-state index in [0.717, 1.165) is 36.3 Å². The average molecular weight is 404 g/mol. The fourth-order valence-corrected chi connectivity index (χ4v) is 3.50. The minimum absolute atomic E-state index is 0.300. The first kappa shape index (κ1) is 20.8. The molecule has 10 heteroatoms. The van der Waals surface area contributed by atoms with Crippen LogP contribution in [0.4, 0.5) is 5.95 Å². The van der Waals surface area contributed by atoms with E-state index in [1.165, 1.54) is 18.6 Å². The van der Waals surface area contributed by atoms with Gasteiger partial charge in [0.1, 0.15) is 6.04 Å². The van der Waals surface area contributed by atoms with Crippen LogP contribution >= 0.6 is 0 Å². The van der Waals surface area contributed by atoms with Gasteiger partial charge in [-0.25, -0.2) is 14.2 Å². The molecular weight excluding hydrogens is 376 g/mol. The van der Waals surface area contributed by atoms with Crippen LogP contribution < -0.4 is 21.5 Å². The van der Waals surface area contributed by atoms with Gasteiger partial charge in [0, 0.05) is 39.8 Å².